The number of hydrogen-bond donors (Lipinski definition) is 2. The zero-order chi connectivity index (χ0) is 13.0. The zero-order valence-corrected chi connectivity index (χ0v) is 10.3. The second-order valence-corrected chi connectivity index (χ2v) is 4.56. The predicted molar refractivity (Wildman–Crippen MR) is 71.9 cm³/mol. The second kappa shape index (κ2) is 5.46. The van der Waals surface area contributed by atoms with E-state index in [2.05, 4.69) is 10.5 Å². The summed E-state index contributed by atoms with van der Waals surface area (Å²) in [4.78, 5) is 22.1. The fourth-order valence-electron chi connectivity index (χ4n) is 1.59. The van der Waals surface area contributed by atoms with Crippen LogP contribution in [0.3, 0.4) is 0 Å². The molecule has 1 aromatic carbocycles. The van der Waals surface area contributed by atoms with Crippen LogP contribution >= 0.6 is 11.3 Å². The molecule has 7 heteroatoms. The van der Waals surface area contributed by atoms with Gasteiger partial charge in [0, 0.05) is 19.2 Å². The Labute approximate surface area is 107 Å². The van der Waals surface area contributed by atoms with Crippen LogP contribution in [0.1, 0.15) is 6.42 Å². The van der Waals surface area contributed by atoms with Crippen molar-refractivity contribution in [2.45, 2.75) is 13.0 Å². The highest BCUT2D eigenvalue weighted by atomic mass is 32.1. The molecule has 0 spiro atoms. The number of benzene rings is 1. The molecule has 0 unspecified atom stereocenters. The Morgan fingerprint density at radius 3 is 3.06 bits per heavy atom. The van der Waals surface area contributed by atoms with Gasteiger partial charge in [-0.1, -0.05) is 23.5 Å². The molecule has 1 heterocycles. The van der Waals surface area contributed by atoms with Gasteiger partial charge in [-0.05, 0) is 12.1 Å². The maximum atomic E-state index is 11.8. The average molecular weight is 264 g/mol. The molecule has 3 N–H and O–H groups in total. The summed E-state index contributed by atoms with van der Waals surface area (Å²) in [6, 6.07) is 6.92. The van der Waals surface area contributed by atoms with Gasteiger partial charge in [-0.2, -0.15) is 5.10 Å². The molecule has 0 atom stereocenters. The third kappa shape index (κ3) is 2.75. The van der Waals surface area contributed by atoms with Crippen LogP contribution in [0.5, 0.6) is 0 Å². The number of hydrazone groups is 1. The number of carbonyl (C=O) groups excluding carboxylic acids is 1. The highest BCUT2D eigenvalue weighted by Crippen LogP contribution is 2.16. The van der Waals surface area contributed by atoms with E-state index in [0.29, 0.717) is 13.0 Å². The highest BCUT2D eigenvalue weighted by Gasteiger charge is 2.05. The Hall–Kier alpha value is -2.15. The molecule has 2 aromatic rings. The molecule has 1 aromatic heterocycles. The number of nitrogens with one attached hydrogen (secondary N) is 1. The van der Waals surface area contributed by atoms with Crippen molar-refractivity contribution in [3.63, 3.8) is 0 Å². The first kappa shape index (κ1) is 12.3. The van der Waals surface area contributed by atoms with Crippen molar-refractivity contribution in [2.24, 2.45) is 10.8 Å². The van der Waals surface area contributed by atoms with Crippen LogP contribution in [0.15, 0.2) is 34.2 Å². The third-order valence-corrected chi connectivity index (χ3v) is 3.28. The lowest BCUT2D eigenvalue weighted by Crippen LogP contribution is -2.24. The van der Waals surface area contributed by atoms with Crippen molar-refractivity contribution in [3.05, 3.63) is 33.9 Å². The summed E-state index contributed by atoms with van der Waals surface area (Å²) in [7, 11) is 0. The Morgan fingerprint density at radius 2 is 2.28 bits per heavy atom. The molecular weight excluding hydrogens is 252 g/mol. The van der Waals surface area contributed by atoms with E-state index in [1.54, 1.807) is 4.57 Å². The van der Waals surface area contributed by atoms with Crippen LogP contribution in [0.4, 0.5) is 4.79 Å². The van der Waals surface area contributed by atoms with Gasteiger partial charge in [-0.25, -0.2) is 10.2 Å². The Bertz CT molecular complexity index is 644. The minimum atomic E-state index is -0.704. The van der Waals surface area contributed by atoms with Gasteiger partial charge in [-0.15, -0.1) is 0 Å². The number of hydrogen-bond acceptors (Lipinski definition) is 4. The molecule has 6 nitrogen and oxygen atoms in total. The molecule has 2 rings (SSSR count). The summed E-state index contributed by atoms with van der Waals surface area (Å²) in [6.07, 6.45) is 2.06. The lowest BCUT2D eigenvalue weighted by molar-refractivity contribution is 0.249. The molecule has 0 aliphatic carbocycles. The van der Waals surface area contributed by atoms with E-state index in [0.717, 1.165) is 10.2 Å². The fourth-order valence-corrected chi connectivity index (χ4v) is 2.50. The lowest BCUT2D eigenvalue weighted by atomic mass is 10.3. The fraction of sp³-hybridized carbons (Fsp3) is 0.182. The summed E-state index contributed by atoms with van der Waals surface area (Å²) in [6.45, 7) is 0.521. The maximum absolute atomic E-state index is 11.8. The number of aromatic nitrogens is 1. The van der Waals surface area contributed by atoms with Crippen LogP contribution in [0.25, 0.3) is 10.2 Å². The van der Waals surface area contributed by atoms with E-state index in [1.165, 1.54) is 17.6 Å². The molecule has 0 aliphatic rings. The molecule has 2 amide bonds. The number of nitrogens with two attached hydrogens (primary N) is 1. The van der Waals surface area contributed by atoms with Crippen molar-refractivity contribution in [2.75, 3.05) is 0 Å². The molecule has 0 bridgehead atoms. The number of amides is 2. The van der Waals surface area contributed by atoms with Crippen LogP contribution in [-0.4, -0.2) is 16.8 Å². The maximum Gasteiger partial charge on any atom is 0.332 e. The minimum Gasteiger partial charge on any atom is -0.350 e. The molecule has 94 valence electrons. The predicted octanol–water partition coefficient (Wildman–Crippen LogP) is 1.11. The van der Waals surface area contributed by atoms with Crippen molar-refractivity contribution < 1.29 is 4.79 Å². The van der Waals surface area contributed by atoms with Gasteiger partial charge < -0.3 is 5.73 Å². The average Bonchev–Trinajstić information content (AvgIpc) is 2.65. The molecule has 0 fully saturated rings. The van der Waals surface area contributed by atoms with Gasteiger partial charge in [0.25, 0.3) is 0 Å². The number of fused-ring (bicyclic) bond motifs is 1. The minimum absolute atomic E-state index is 0.00691. The molecule has 0 radical (unpaired) electrons. The Balaban J connectivity index is 2.08. The van der Waals surface area contributed by atoms with Gasteiger partial charge in [0.15, 0.2) is 0 Å². The number of urea groups is 1. The van der Waals surface area contributed by atoms with E-state index in [9.17, 15) is 9.59 Å². The highest BCUT2D eigenvalue weighted by molar-refractivity contribution is 7.16. The largest absolute Gasteiger partial charge is 0.350 e. The van der Waals surface area contributed by atoms with Crippen molar-refractivity contribution in [1.29, 1.82) is 0 Å². The van der Waals surface area contributed by atoms with Crippen LogP contribution in [0, 0.1) is 0 Å². The SMILES string of the molecule is NC(=O)NN=CCCn1c(=O)sc2ccccc21. The molecule has 0 saturated carbocycles. The first-order chi connectivity index (χ1) is 8.68. The number of primary amides is 1. The molecule has 18 heavy (non-hydrogen) atoms. The molecular formula is C11H12N4O2S. The molecule has 0 aliphatic heterocycles. The van der Waals surface area contributed by atoms with Gasteiger partial charge in [-0.3, -0.25) is 9.36 Å². The van der Waals surface area contributed by atoms with Crippen LogP contribution < -0.4 is 16.0 Å². The standard InChI is InChI=1S/C11H12N4O2S/c12-10(16)14-13-6-3-7-15-8-4-1-2-5-9(8)18-11(15)17/h1-2,4-6H,3,7H2,(H3,12,14,16). The number of nitrogens with zero attached hydrogens (tertiary/aromatic N) is 2. The summed E-state index contributed by atoms with van der Waals surface area (Å²) in [5, 5.41) is 3.62. The van der Waals surface area contributed by atoms with E-state index in [-0.39, 0.29) is 4.87 Å². The van der Waals surface area contributed by atoms with Crippen LogP contribution in [-0.2, 0) is 6.54 Å². The van der Waals surface area contributed by atoms with E-state index in [4.69, 9.17) is 5.73 Å². The Morgan fingerprint density at radius 1 is 1.50 bits per heavy atom. The van der Waals surface area contributed by atoms with E-state index < -0.39 is 6.03 Å². The number of carbonyl (C=O) groups is 1. The smallest absolute Gasteiger partial charge is 0.332 e. The monoisotopic (exact) mass is 264 g/mol. The summed E-state index contributed by atoms with van der Waals surface area (Å²) in [5.41, 5.74) is 7.87. The number of thiazole rings is 1. The number of rotatable bonds is 4. The first-order valence-corrected chi connectivity index (χ1v) is 6.15. The lowest BCUT2D eigenvalue weighted by Gasteiger charge is -2.00. The van der Waals surface area contributed by atoms with Gasteiger partial charge in [0.05, 0.1) is 10.2 Å². The second-order valence-electron chi connectivity index (χ2n) is 3.56. The zero-order valence-electron chi connectivity index (χ0n) is 9.50. The summed E-state index contributed by atoms with van der Waals surface area (Å²) < 4.78 is 2.66. The summed E-state index contributed by atoms with van der Waals surface area (Å²) in [5.74, 6) is 0. The first-order valence-electron chi connectivity index (χ1n) is 5.34. The van der Waals surface area contributed by atoms with Crippen molar-refractivity contribution >= 4 is 33.8 Å². The van der Waals surface area contributed by atoms with Gasteiger partial charge in [0.1, 0.15) is 0 Å². The van der Waals surface area contributed by atoms with Crippen LogP contribution in [0.2, 0.25) is 0 Å². The van der Waals surface area contributed by atoms with E-state index >= 15 is 0 Å². The topological polar surface area (TPSA) is 89.5 Å². The van der Waals surface area contributed by atoms with Gasteiger partial charge in [0.2, 0.25) is 0 Å². The quantitative estimate of drug-likeness (QED) is 0.639. The normalized spacial score (nSPS) is 11.1. The number of aryl methyl sites for hydroxylation is 1. The third-order valence-electron chi connectivity index (χ3n) is 2.32. The van der Waals surface area contributed by atoms with Crippen molar-refractivity contribution in [3.8, 4) is 0 Å². The van der Waals surface area contributed by atoms with Crippen molar-refractivity contribution in [1.82, 2.24) is 9.99 Å². The number of para-hydroxylation sites is 1. The molecule has 0 saturated heterocycles. The Kier molecular flexibility index (Phi) is 3.73. The summed E-state index contributed by atoms with van der Waals surface area (Å²) >= 11 is 1.22. The van der Waals surface area contributed by atoms with E-state index in [1.807, 2.05) is 24.3 Å². The van der Waals surface area contributed by atoms with Gasteiger partial charge >= 0.3 is 10.9 Å².